The fourth-order valence-electron chi connectivity index (χ4n) is 2.51. The molecule has 1 aromatic carbocycles. The highest BCUT2D eigenvalue weighted by atomic mass is 16.6. The van der Waals surface area contributed by atoms with Crippen molar-refractivity contribution in [3.8, 4) is 0 Å². The second-order valence-corrected chi connectivity index (χ2v) is 5.24. The summed E-state index contributed by atoms with van der Waals surface area (Å²) in [7, 11) is 0. The lowest BCUT2D eigenvalue weighted by Crippen LogP contribution is -2.41. The Bertz CT molecular complexity index is 543. The number of primary amides is 1. The molecular formula is C14H19N3O4. The van der Waals surface area contributed by atoms with Gasteiger partial charge in [0.05, 0.1) is 11.5 Å². The highest BCUT2D eigenvalue weighted by Crippen LogP contribution is 2.28. The number of hydrogen-bond acceptors (Lipinski definition) is 5. The van der Waals surface area contributed by atoms with Gasteiger partial charge in [0, 0.05) is 36.3 Å². The monoisotopic (exact) mass is 293 g/mol. The fourth-order valence-corrected chi connectivity index (χ4v) is 2.51. The summed E-state index contributed by atoms with van der Waals surface area (Å²) in [4.78, 5) is 23.9. The molecule has 0 spiro atoms. The van der Waals surface area contributed by atoms with Gasteiger partial charge >= 0.3 is 0 Å². The van der Waals surface area contributed by atoms with E-state index in [1.54, 1.807) is 6.07 Å². The molecule has 0 heterocycles. The first-order valence-electron chi connectivity index (χ1n) is 6.95. The lowest BCUT2D eigenvalue weighted by Gasteiger charge is -2.37. The quantitative estimate of drug-likeness (QED) is 0.576. The van der Waals surface area contributed by atoms with Crippen LogP contribution in [0.2, 0.25) is 0 Å². The van der Waals surface area contributed by atoms with Crippen LogP contribution in [0.4, 0.5) is 5.69 Å². The molecule has 114 valence electrons. The summed E-state index contributed by atoms with van der Waals surface area (Å²) in [6, 6.07) is 4.66. The Morgan fingerprint density at radius 1 is 1.48 bits per heavy atom. The molecular weight excluding hydrogens is 274 g/mol. The predicted molar refractivity (Wildman–Crippen MR) is 76.7 cm³/mol. The number of nitro benzene ring substituents is 1. The molecule has 7 nitrogen and oxygen atoms in total. The topological polar surface area (TPSA) is 110 Å². The highest BCUT2D eigenvalue weighted by Gasteiger charge is 2.27. The predicted octanol–water partition coefficient (Wildman–Crippen LogP) is 1.04. The largest absolute Gasteiger partial charge is 0.395 e. The van der Waals surface area contributed by atoms with Crippen LogP contribution in [0.1, 0.15) is 35.2 Å². The number of nitrogens with two attached hydrogens (primary N) is 1. The number of amides is 1. The van der Waals surface area contributed by atoms with Crippen LogP contribution < -0.4 is 5.73 Å². The zero-order chi connectivity index (χ0) is 15.4. The van der Waals surface area contributed by atoms with Gasteiger partial charge in [0.1, 0.15) is 0 Å². The third kappa shape index (κ3) is 3.56. The van der Waals surface area contributed by atoms with Gasteiger partial charge in [-0.05, 0) is 18.9 Å². The normalized spacial score (nSPS) is 15.0. The minimum absolute atomic E-state index is 0.0175. The number of hydrogen-bond donors (Lipinski definition) is 2. The Morgan fingerprint density at radius 3 is 2.67 bits per heavy atom. The molecule has 1 fully saturated rings. The van der Waals surface area contributed by atoms with Gasteiger partial charge in [-0.15, -0.1) is 0 Å². The van der Waals surface area contributed by atoms with Gasteiger partial charge in [-0.25, -0.2) is 0 Å². The maximum atomic E-state index is 11.2. The van der Waals surface area contributed by atoms with Gasteiger partial charge in [0.2, 0.25) is 5.91 Å². The molecule has 7 heteroatoms. The van der Waals surface area contributed by atoms with Crippen LogP contribution in [0, 0.1) is 10.1 Å². The van der Waals surface area contributed by atoms with E-state index in [0.29, 0.717) is 24.7 Å². The molecule has 0 atom stereocenters. The van der Waals surface area contributed by atoms with Gasteiger partial charge in [0.25, 0.3) is 5.69 Å². The van der Waals surface area contributed by atoms with Gasteiger partial charge in [-0.1, -0.05) is 12.5 Å². The number of rotatable bonds is 7. The van der Waals surface area contributed by atoms with Crippen molar-refractivity contribution in [3.63, 3.8) is 0 Å². The van der Waals surface area contributed by atoms with E-state index in [2.05, 4.69) is 4.90 Å². The number of benzene rings is 1. The van der Waals surface area contributed by atoms with Crippen molar-refractivity contribution < 1.29 is 14.8 Å². The Labute approximate surface area is 122 Å². The zero-order valence-electron chi connectivity index (χ0n) is 11.7. The lowest BCUT2D eigenvalue weighted by molar-refractivity contribution is -0.385. The minimum atomic E-state index is -0.684. The van der Waals surface area contributed by atoms with E-state index in [-0.39, 0.29) is 17.9 Å². The molecule has 1 aliphatic carbocycles. The van der Waals surface area contributed by atoms with E-state index in [1.807, 2.05) is 0 Å². The number of nitrogens with zero attached hydrogens (tertiary/aromatic N) is 2. The summed E-state index contributed by atoms with van der Waals surface area (Å²) in [6.45, 7) is 0.893. The van der Waals surface area contributed by atoms with Gasteiger partial charge in [-0.3, -0.25) is 19.8 Å². The Kier molecular flexibility index (Phi) is 4.87. The standard InChI is InChI=1S/C14H19N3O4/c15-14(19)10-4-5-11(13(8-10)17(20)21)9-16(6-7-18)12-2-1-3-12/h4-5,8,12,18H,1-3,6-7,9H2,(H2,15,19). The minimum Gasteiger partial charge on any atom is -0.395 e. The number of aliphatic hydroxyl groups is 1. The van der Waals surface area contributed by atoms with Crippen LogP contribution >= 0.6 is 0 Å². The van der Waals surface area contributed by atoms with E-state index in [1.165, 1.54) is 12.1 Å². The first kappa shape index (κ1) is 15.4. The Hall–Kier alpha value is -1.99. The van der Waals surface area contributed by atoms with E-state index in [4.69, 9.17) is 10.8 Å². The summed E-state index contributed by atoms with van der Waals surface area (Å²) in [5.41, 5.74) is 5.71. The first-order valence-corrected chi connectivity index (χ1v) is 6.95. The lowest BCUT2D eigenvalue weighted by atomic mass is 9.91. The van der Waals surface area contributed by atoms with Crippen molar-refractivity contribution in [3.05, 3.63) is 39.4 Å². The molecule has 0 aliphatic heterocycles. The SMILES string of the molecule is NC(=O)c1ccc(CN(CCO)C2CCC2)c([N+](=O)[O-])c1. The number of aliphatic hydroxyl groups excluding tert-OH is 1. The van der Waals surface area contributed by atoms with Gasteiger partial charge in [0.15, 0.2) is 0 Å². The van der Waals surface area contributed by atoms with Crippen molar-refractivity contribution in [2.45, 2.75) is 31.8 Å². The smallest absolute Gasteiger partial charge is 0.274 e. The number of nitro groups is 1. The zero-order valence-corrected chi connectivity index (χ0v) is 11.7. The van der Waals surface area contributed by atoms with Crippen LogP contribution in [0.5, 0.6) is 0 Å². The third-order valence-corrected chi connectivity index (χ3v) is 3.92. The summed E-state index contributed by atoms with van der Waals surface area (Å²) < 4.78 is 0. The summed E-state index contributed by atoms with van der Waals surface area (Å²) in [5, 5.41) is 20.3. The Morgan fingerprint density at radius 2 is 2.19 bits per heavy atom. The summed E-state index contributed by atoms with van der Waals surface area (Å²) >= 11 is 0. The molecule has 0 unspecified atom stereocenters. The summed E-state index contributed by atoms with van der Waals surface area (Å²) in [6.07, 6.45) is 3.25. The van der Waals surface area contributed by atoms with E-state index in [0.717, 1.165) is 19.3 Å². The van der Waals surface area contributed by atoms with Crippen molar-refractivity contribution in [1.82, 2.24) is 4.90 Å². The van der Waals surface area contributed by atoms with Gasteiger partial charge < -0.3 is 10.8 Å². The van der Waals surface area contributed by atoms with Crippen molar-refractivity contribution in [2.24, 2.45) is 5.73 Å². The Balaban J connectivity index is 2.24. The molecule has 21 heavy (non-hydrogen) atoms. The molecule has 2 rings (SSSR count). The maximum absolute atomic E-state index is 11.2. The van der Waals surface area contributed by atoms with Crippen LogP contribution in [-0.2, 0) is 6.54 Å². The first-order chi connectivity index (χ1) is 10.0. The molecule has 1 aliphatic rings. The molecule has 3 N–H and O–H groups in total. The van der Waals surface area contributed by atoms with E-state index in [9.17, 15) is 14.9 Å². The van der Waals surface area contributed by atoms with Crippen molar-refractivity contribution in [2.75, 3.05) is 13.2 Å². The molecule has 1 amide bonds. The van der Waals surface area contributed by atoms with Crippen LogP contribution in [0.15, 0.2) is 18.2 Å². The van der Waals surface area contributed by atoms with Crippen molar-refractivity contribution in [1.29, 1.82) is 0 Å². The van der Waals surface area contributed by atoms with Crippen molar-refractivity contribution >= 4 is 11.6 Å². The summed E-state index contributed by atoms with van der Waals surface area (Å²) in [5.74, 6) is -0.684. The number of carbonyl (C=O) groups excluding carboxylic acids is 1. The molecule has 0 saturated heterocycles. The third-order valence-electron chi connectivity index (χ3n) is 3.92. The molecule has 0 radical (unpaired) electrons. The van der Waals surface area contributed by atoms with Crippen LogP contribution in [-0.4, -0.2) is 40.0 Å². The van der Waals surface area contributed by atoms with E-state index >= 15 is 0 Å². The molecule has 0 bridgehead atoms. The second-order valence-electron chi connectivity index (χ2n) is 5.24. The second kappa shape index (κ2) is 6.64. The molecule has 0 aromatic heterocycles. The van der Waals surface area contributed by atoms with Crippen LogP contribution in [0.25, 0.3) is 0 Å². The van der Waals surface area contributed by atoms with E-state index < -0.39 is 10.8 Å². The number of carbonyl (C=O) groups is 1. The van der Waals surface area contributed by atoms with Crippen LogP contribution in [0.3, 0.4) is 0 Å². The van der Waals surface area contributed by atoms with Gasteiger partial charge in [-0.2, -0.15) is 0 Å². The average Bonchev–Trinajstić information content (AvgIpc) is 2.36. The fraction of sp³-hybridized carbons (Fsp3) is 0.500. The highest BCUT2D eigenvalue weighted by molar-refractivity contribution is 5.93. The molecule has 1 aromatic rings. The maximum Gasteiger partial charge on any atom is 0.274 e. The average molecular weight is 293 g/mol. The molecule has 1 saturated carbocycles.